The maximum absolute atomic E-state index is 12.0. The molecule has 0 radical (unpaired) electrons. The van der Waals surface area contributed by atoms with Gasteiger partial charge in [0, 0.05) is 18.7 Å². The summed E-state index contributed by atoms with van der Waals surface area (Å²) in [5.41, 5.74) is 0.464. The van der Waals surface area contributed by atoms with E-state index in [0.717, 1.165) is 0 Å². The smallest absolute Gasteiger partial charge is 0.251 e. The molecule has 0 spiro atoms. The Kier molecular flexibility index (Phi) is 7.26. The summed E-state index contributed by atoms with van der Waals surface area (Å²) in [5, 5.41) is 13.7. The van der Waals surface area contributed by atoms with E-state index >= 15 is 0 Å². The number of ether oxygens (including phenoxy) is 2. The van der Waals surface area contributed by atoms with Gasteiger partial charge in [-0.15, -0.1) is 0 Å². The molecule has 7 heteroatoms. The van der Waals surface area contributed by atoms with Crippen LogP contribution in [0.2, 0.25) is 0 Å². The Morgan fingerprint density at radius 1 is 1.14 bits per heavy atom. The Morgan fingerprint density at radius 3 is 2.45 bits per heavy atom. The van der Waals surface area contributed by atoms with Crippen molar-refractivity contribution in [1.29, 1.82) is 5.26 Å². The molecule has 118 valence electrons. The molecule has 7 nitrogen and oxygen atoms in total. The Morgan fingerprint density at radius 2 is 1.82 bits per heavy atom. The molecule has 0 aliphatic carbocycles. The van der Waals surface area contributed by atoms with E-state index < -0.39 is 0 Å². The first kappa shape index (κ1) is 17.3. The van der Waals surface area contributed by atoms with Gasteiger partial charge >= 0.3 is 0 Å². The number of nitriles is 1. The van der Waals surface area contributed by atoms with E-state index in [-0.39, 0.29) is 18.2 Å². The minimum absolute atomic E-state index is 0.155. The minimum Gasteiger partial charge on any atom is -0.493 e. The molecule has 0 saturated carbocycles. The van der Waals surface area contributed by atoms with Crippen LogP contribution in [0.15, 0.2) is 18.2 Å². The maximum atomic E-state index is 12.0. The van der Waals surface area contributed by atoms with E-state index in [2.05, 4.69) is 10.6 Å². The Hall–Kier alpha value is -2.75. The topological polar surface area (TPSA) is 100 Å². The number of rotatable bonds is 8. The van der Waals surface area contributed by atoms with Gasteiger partial charge in [-0.3, -0.25) is 9.59 Å². The standard InChI is InChI=1S/C15H19N3O4/c1-21-12-5-4-11(10-13(12)22-2)15(20)18-9-3-8-17-14(19)6-7-16/h4-5,10H,3,6,8-9H2,1-2H3,(H,17,19)(H,18,20). The first-order valence-electron chi connectivity index (χ1n) is 6.76. The fourth-order valence-corrected chi connectivity index (χ4v) is 1.73. The summed E-state index contributed by atoms with van der Waals surface area (Å²) in [6, 6.07) is 6.67. The van der Waals surface area contributed by atoms with Gasteiger partial charge in [-0.1, -0.05) is 0 Å². The number of carbonyl (C=O) groups is 2. The second kappa shape index (κ2) is 9.23. The molecule has 0 saturated heterocycles. The first-order chi connectivity index (χ1) is 10.6. The number of hydrogen-bond donors (Lipinski definition) is 2. The van der Waals surface area contributed by atoms with Crippen LogP contribution in [0.5, 0.6) is 11.5 Å². The third-order valence-electron chi connectivity index (χ3n) is 2.85. The van der Waals surface area contributed by atoms with Gasteiger partial charge in [0.15, 0.2) is 11.5 Å². The molecule has 0 atom stereocenters. The molecular formula is C15H19N3O4. The number of hydrogen-bond acceptors (Lipinski definition) is 5. The van der Waals surface area contributed by atoms with Gasteiger partial charge < -0.3 is 20.1 Å². The predicted molar refractivity (Wildman–Crippen MR) is 79.7 cm³/mol. The van der Waals surface area contributed by atoms with Crippen molar-refractivity contribution in [2.24, 2.45) is 0 Å². The van der Waals surface area contributed by atoms with Crippen LogP contribution in [0.1, 0.15) is 23.2 Å². The van der Waals surface area contributed by atoms with E-state index in [1.807, 2.05) is 0 Å². The van der Waals surface area contributed by atoms with Crippen LogP contribution in [0, 0.1) is 11.3 Å². The van der Waals surface area contributed by atoms with Gasteiger partial charge in [0.1, 0.15) is 6.42 Å². The zero-order valence-electron chi connectivity index (χ0n) is 12.6. The van der Waals surface area contributed by atoms with Crippen molar-refractivity contribution in [3.8, 4) is 17.6 Å². The highest BCUT2D eigenvalue weighted by molar-refractivity contribution is 5.94. The maximum Gasteiger partial charge on any atom is 0.251 e. The van der Waals surface area contributed by atoms with E-state index in [0.29, 0.717) is 36.6 Å². The third-order valence-corrected chi connectivity index (χ3v) is 2.85. The van der Waals surface area contributed by atoms with Crippen molar-refractivity contribution in [2.75, 3.05) is 27.3 Å². The molecule has 0 fully saturated rings. The summed E-state index contributed by atoms with van der Waals surface area (Å²) in [6.07, 6.45) is 0.425. The van der Waals surface area contributed by atoms with Gasteiger partial charge in [0.05, 0.1) is 20.3 Å². The summed E-state index contributed by atoms with van der Waals surface area (Å²) in [7, 11) is 3.03. The Labute approximate surface area is 129 Å². The lowest BCUT2D eigenvalue weighted by Crippen LogP contribution is -2.29. The van der Waals surface area contributed by atoms with Gasteiger partial charge in [0.2, 0.25) is 5.91 Å². The average molecular weight is 305 g/mol. The van der Waals surface area contributed by atoms with E-state index in [1.54, 1.807) is 24.3 Å². The van der Waals surface area contributed by atoms with Crippen LogP contribution >= 0.6 is 0 Å². The van der Waals surface area contributed by atoms with Crippen LogP contribution in [-0.4, -0.2) is 39.1 Å². The number of carbonyl (C=O) groups excluding carboxylic acids is 2. The molecule has 22 heavy (non-hydrogen) atoms. The minimum atomic E-state index is -0.311. The predicted octanol–water partition coefficient (Wildman–Crippen LogP) is 0.854. The Bertz CT molecular complexity index is 566. The SMILES string of the molecule is COc1ccc(C(=O)NCCCNC(=O)CC#N)cc1OC. The molecule has 0 aliphatic rings. The number of nitrogens with one attached hydrogen (secondary N) is 2. The van der Waals surface area contributed by atoms with Gasteiger partial charge in [-0.05, 0) is 24.6 Å². The van der Waals surface area contributed by atoms with Gasteiger partial charge in [-0.2, -0.15) is 5.26 Å². The fraction of sp³-hybridized carbons (Fsp3) is 0.400. The molecule has 0 heterocycles. The molecule has 2 N–H and O–H groups in total. The van der Waals surface area contributed by atoms with E-state index in [9.17, 15) is 9.59 Å². The highest BCUT2D eigenvalue weighted by Crippen LogP contribution is 2.27. The normalized spacial score (nSPS) is 9.50. The average Bonchev–Trinajstić information content (AvgIpc) is 2.53. The number of nitrogens with zero attached hydrogens (tertiary/aromatic N) is 1. The van der Waals surface area contributed by atoms with Crippen molar-refractivity contribution in [3.05, 3.63) is 23.8 Å². The molecule has 2 amide bonds. The van der Waals surface area contributed by atoms with Crippen LogP contribution in [0.25, 0.3) is 0 Å². The highest BCUT2D eigenvalue weighted by Gasteiger charge is 2.10. The molecule has 0 unspecified atom stereocenters. The quantitative estimate of drug-likeness (QED) is 0.694. The molecule has 0 bridgehead atoms. The zero-order chi connectivity index (χ0) is 16.4. The van der Waals surface area contributed by atoms with Gasteiger partial charge in [-0.25, -0.2) is 0 Å². The second-order valence-electron chi connectivity index (χ2n) is 4.36. The Balaban J connectivity index is 2.40. The lowest BCUT2D eigenvalue weighted by Gasteiger charge is -2.10. The zero-order valence-corrected chi connectivity index (χ0v) is 12.6. The van der Waals surface area contributed by atoms with Crippen molar-refractivity contribution in [1.82, 2.24) is 10.6 Å². The van der Waals surface area contributed by atoms with Crippen LogP contribution in [-0.2, 0) is 4.79 Å². The van der Waals surface area contributed by atoms with Crippen LogP contribution in [0.4, 0.5) is 0 Å². The van der Waals surface area contributed by atoms with Crippen molar-refractivity contribution in [2.45, 2.75) is 12.8 Å². The number of methoxy groups -OCH3 is 2. The molecule has 0 aliphatic heterocycles. The molecule has 0 aromatic heterocycles. The first-order valence-corrected chi connectivity index (χ1v) is 6.76. The van der Waals surface area contributed by atoms with Crippen molar-refractivity contribution < 1.29 is 19.1 Å². The summed E-state index contributed by atoms with van der Waals surface area (Å²) in [5.74, 6) is 0.496. The monoisotopic (exact) mass is 305 g/mol. The highest BCUT2D eigenvalue weighted by atomic mass is 16.5. The summed E-state index contributed by atoms with van der Waals surface area (Å²) in [6.45, 7) is 0.826. The van der Waals surface area contributed by atoms with Gasteiger partial charge in [0.25, 0.3) is 5.91 Å². The van der Waals surface area contributed by atoms with E-state index in [1.165, 1.54) is 14.2 Å². The lowest BCUT2D eigenvalue weighted by molar-refractivity contribution is -0.120. The summed E-state index contributed by atoms with van der Waals surface area (Å²) in [4.78, 5) is 23.0. The fourth-order valence-electron chi connectivity index (χ4n) is 1.73. The number of amides is 2. The molecule has 1 aromatic rings. The second-order valence-corrected chi connectivity index (χ2v) is 4.36. The van der Waals surface area contributed by atoms with Crippen LogP contribution < -0.4 is 20.1 Å². The van der Waals surface area contributed by atoms with Crippen molar-refractivity contribution >= 4 is 11.8 Å². The molecular weight excluding hydrogens is 286 g/mol. The number of benzene rings is 1. The molecule has 1 aromatic carbocycles. The largest absolute Gasteiger partial charge is 0.493 e. The summed E-state index contributed by atoms with van der Waals surface area (Å²) >= 11 is 0. The van der Waals surface area contributed by atoms with Crippen molar-refractivity contribution in [3.63, 3.8) is 0 Å². The summed E-state index contributed by atoms with van der Waals surface area (Å²) < 4.78 is 10.2. The molecule has 1 rings (SSSR count). The lowest BCUT2D eigenvalue weighted by atomic mass is 10.2. The third kappa shape index (κ3) is 5.32. The van der Waals surface area contributed by atoms with E-state index in [4.69, 9.17) is 14.7 Å². The van der Waals surface area contributed by atoms with Crippen LogP contribution in [0.3, 0.4) is 0 Å².